The lowest BCUT2D eigenvalue weighted by Crippen LogP contribution is -2.28. The molecule has 128 valence electrons. The molecule has 0 aliphatic rings. The quantitative estimate of drug-likeness (QED) is 0.682. The van der Waals surface area contributed by atoms with E-state index >= 15 is 0 Å². The van der Waals surface area contributed by atoms with Crippen molar-refractivity contribution in [1.29, 1.82) is 0 Å². The van der Waals surface area contributed by atoms with Crippen LogP contribution in [0.25, 0.3) is 0 Å². The molecule has 0 aromatic heterocycles. The Bertz CT molecular complexity index is 497. The van der Waals surface area contributed by atoms with Crippen LogP contribution in [0, 0.1) is 11.8 Å². The van der Waals surface area contributed by atoms with Crippen LogP contribution in [0.1, 0.15) is 44.4 Å². The van der Waals surface area contributed by atoms with Crippen molar-refractivity contribution >= 4 is 11.8 Å². The molecule has 0 heterocycles. The fourth-order valence-corrected chi connectivity index (χ4v) is 2.14. The van der Waals surface area contributed by atoms with E-state index in [2.05, 4.69) is 22.8 Å². The van der Waals surface area contributed by atoms with Crippen LogP contribution in [0.15, 0.2) is 18.2 Å². The summed E-state index contributed by atoms with van der Waals surface area (Å²) in [7, 11) is 0. The van der Waals surface area contributed by atoms with Crippen LogP contribution >= 0.6 is 0 Å². The summed E-state index contributed by atoms with van der Waals surface area (Å²) in [6, 6.07) is 6.13. The molecule has 4 N–H and O–H groups in total. The second kappa shape index (κ2) is 9.30. The average Bonchev–Trinajstić information content (AvgIpc) is 2.50. The van der Waals surface area contributed by atoms with Crippen molar-refractivity contribution in [2.45, 2.75) is 47.2 Å². The number of hydrogen-bond donors (Lipinski definition) is 3. The SMILES string of the molecule is CC(C)C(=O)NCc1cc(CCN)cc(CNC(=O)C(C)C)c1. The predicted octanol–water partition coefficient (Wildman–Crippen LogP) is 1.73. The Kier molecular flexibility index (Phi) is 7.75. The first-order chi connectivity index (χ1) is 10.8. The highest BCUT2D eigenvalue weighted by Crippen LogP contribution is 2.12. The predicted molar refractivity (Wildman–Crippen MR) is 92.6 cm³/mol. The van der Waals surface area contributed by atoms with E-state index in [-0.39, 0.29) is 23.7 Å². The van der Waals surface area contributed by atoms with Crippen LogP contribution < -0.4 is 16.4 Å². The van der Waals surface area contributed by atoms with Crippen molar-refractivity contribution in [3.8, 4) is 0 Å². The molecular formula is C18H29N3O2. The second-order valence-corrected chi connectivity index (χ2v) is 6.44. The van der Waals surface area contributed by atoms with Crippen molar-refractivity contribution in [1.82, 2.24) is 10.6 Å². The van der Waals surface area contributed by atoms with Crippen molar-refractivity contribution in [2.75, 3.05) is 6.54 Å². The van der Waals surface area contributed by atoms with Gasteiger partial charge < -0.3 is 16.4 Å². The molecule has 0 aliphatic heterocycles. The van der Waals surface area contributed by atoms with Crippen molar-refractivity contribution < 1.29 is 9.59 Å². The van der Waals surface area contributed by atoms with Gasteiger partial charge >= 0.3 is 0 Å². The Labute approximate surface area is 139 Å². The molecule has 0 spiro atoms. The van der Waals surface area contributed by atoms with Gasteiger partial charge in [0.05, 0.1) is 0 Å². The van der Waals surface area contributed by atoms with Gasteiger partial charge in [0.25, 0.3) is 0 Å². The number of benzene rings is 1. The summed E-state index contributed by atoms with van der Waals surface area (Å²) in [4.78, 5) is 23.4. The lowest BCUT2D eigenvalue weighted by Gasteiger charge is -2.13. The molecule has 1 aromatic carbocycles. The van der Waals surface area contributed by atoms with Gasteiger partial charge in [-0.25, -0.2) is 0 Å². The minimum absolute atomic E-state index is 0.0314. The van der Waals surface area contributed by atoms with Crippen LogP contribution in [-0.4, -0.2) is 18.4 Å². The van der Waals surface area contributed by atoms with Crippen LogP contribution in [0.4, 0.5) is 0 Å². The number of carbonyl (C=O) groups is 2. The third-order valence-corrected chi connectivity index (χ3v) is 3.53. The molecule has 0 saturated carbocycles. The second-order valence-electron chi connectivity index (χ2n) is 6.44. The molecule has 1 rings (SSSR count). The van der Waals surface area contributed by atoms with E-state index in [0.717, 1.165) is 23.1 Å². The maximum absolute atomic E-state index is 11.7. The Hall–Kier alpha value is -1.88. The molecule has 0 radical (unpaired) electrons. The molecule has 5 nitrogen and oxygen atoms in total. The Balaban J connectivity index is 2.80. The number of hydrogen-bond acceptors (Lipinski definition) is 3. The summed E-state index contributed by atoms with van der Waals surface area (Å²) in [5, 5.41) is 5.84. The van der Waals surface area contributed by atoms with Crippen LogP contribution in [0.2, 0.25) is 0 Å². The van der Waals surface area contributed by atoms with E-state index in [1.165, 1.54) is 0 Å². The highest BCUT2D eigenvalue weighted by molar-refractivity contribution is 5.78. The van der Waals surface area contributed by atoms with E-state index < -0.39 is 0 Å². The van der Waals surface area contributed by atoms with Crippen LogP contribution in [0.3, 0.4) is 0 Å². The van der Waals surface area contributed by atoms with Gasteiger partial charge in [-0.05, 0) is 29.7 Å². The standard InChI is InChI=1S/C18H29N3O2/c1-12(2)17(22)20-10-15-7-14(5-6-19)8-16(9-15)11-21-18(23)13(3)4/h7-9,12-13H,5-6,10-11,19H2,1-4H3,(H,20,22)(H,21,23). The fraction of sp³-hybridized carbons (Fsp3) is 0.556. The number of nitrogens with two attached hydrogens (primary N) is 1. The Morgan fingerprint density at radius 1 is 0.870 bits per heavy atom. The summed E-state index contributed by atoms with van der Waals surface area (Å²) >= 11 is 0. The number of nitrogens with one attached hydrogen (secondary N) is 2. The zero-order valence-corrected chi connectivity index (χ0v) is 14.6. The summed E-state index contributed by atoms with van der Waals surface area (Å²) in [5.74, 6) is -0.00757. The van der Waals surface area contributed by atoms with Gasteiger partial charge in [-0.1, -0.05) is 45.9 Å². The van der Waals surface area contributed by atoms with E-state index in [0.29, 0.717) is 19.6 Å². The largest absolute Gasteiger partial charge is 0.352 e. The zero-order chi connectivity index (χ0) is 17.4. The van der Waals surface area contributed by atoms with Crippen LogP contribution in [0.5, 0.6) is 0 Å². The van der Waals surface area contributed by atoms with Crippen molar-refractivity contribution in [2.24, 2.45) is 17.6 Å². The van der Waals surface area contributed by atoms with Gasteiger partial charge in [-0.3, -0.25) is 9.59 Å². The average molecular weight is 319 g/mol. The summed E-state index contributed by atoms with van der Waals surface area (Å²) < 4.78 is 0. The molecule has 0 unspecified atom stereocenters. The zero-order valence-electron chi connectivity index (χ0n) is 14.6. The summed E-state index contributed by atoms with van der Waals surface area (Å²) in [5.41, 5.74) is 8.82. The number of amides is 2. The Morgan fingerprint density at radius 2 is 1.26 bits per heavy atom. The third kappa shape index (κ3) is 6.82. The lowest BCUT2D eigenvalue weighted by atomic mass is 10.0. The topological polar surface area (TPSA) is 84.2 Å². The molecule has 0 bridgehead atoms. The van der Waals surface area contributed by atoms with Gasteiger partial charge in [0, 0.05) is 24.9 Å². The third-order valence-electron chi connectivity index (χ3n) is 3.53. The minimum Gasteiger partial charge on any atom is -0.352 e. The van der Waals surface area contributed by atoms with E-state index in [1.807, 2.05) is 33.8 Å². The van der Waals surface area contributed by atoms with E-state index in [4.69, 9.17) is 5.73 Å². The molecule has 0 atom stereocenters. The molecular weight excluding hydrogens is 290 g/mol. The normalized spacial score (nSPS) is 10.9. The first-order valence-electron chi connectivity index (χ1n) is 8.20. The maximum Gasteiger partial charge on any atom is 0.222 e. The molecule has 1 aromatic rings. The monoisotopic (exact) mass is 319 g/mol. The summed E-state index contributed by atoms with van der Waals surface area (Å²) in [6.45, 7) is 9.01. The molecule has 0 fully saturated rings. The van der Waals surface area contributed by atoms with Gasteiger partial charge in [0.15, 0.2) is 0 Å². The highest BCUT2D eigenvalue weighted by atomic mass is 16.2. The first kappa shape index (κ1) is 19.2. The first-order valence-corrected chi connectivity index (χ1v) is 8.20. The smallest absolute Gasteiger partial charge is 0.222 e. The maximum atomic E-state index is 11.7. The molecule has 5 heteroatoms. The van der Waals surface area contributed by atoms with Crippen molar-refractivity contribution in [3.05, 3.63) is 34.9 Å². The van der Waals surface area contributed by atoms with Gasteiger partial charge in [0.2, 0.25) is 11.8 Å². The van der Waals surface area contributed by atoms with E-state index in [9.17, 15) is 9.59 Å². The van der Waals surface area contributed by atoms with Gasteiger partial charge in [0.1, 0.15) is 0 Å². The highest BCUT2D eigenvalue weighted by Gasteiger charge is 2.09. The van der Waals surface area contributed by atoms with Gasteiger partial charge in [-0.2, -0.15) is 0 Å². The molecule has 0 saturated heterocycles. The lowest BCUT2D eigenvalue weighted by molar-refractivity contribution is -0.124. The number of carbonyl (C=O) groups excluding carboxylic acids is 2. The Morgan fingerprint density at radius 3 is 1.61 bits per heavy atom. The van der Waals surface area contributed by atoms with E-state index in [1.54, 1.807) is 0 Å². The number of rotatable bonds is 8. The van der Waals surface area contributed by atoms with Crippen molar-refractivity contribution in [3.63, 3.8) is 0 Å². The fourth-order valence-electron chi connectivity index (χ4n) is 2.14. The summed E-state index contributed by atoms with van der Waals surface area (Å²) in [6.07, 6.45) is 0.775. The molecule has 0 aliphatic carbocycles. The van der Waals surface area contributed by atoms with Crippen LogP contribution in [-0.2, 0) is 29.1 Å². The molecule has 2 amide bonds. The molecule has 23 heavy (non-hydrogen) atoms. The van der Waals surface area contributed by atoms with Gasteiger partial charge in [-0.15, -0.1) is 0 Å². The minimum atomic E-state index is -0.0352.